The van der Waals surface area contributed by atoms with Gasteiger partial charge in [0.2, 0.25) is 9.70 Å². The molecule has 1 N–H and O–H groups in total. The number of halogens is 3. The molecule has 0 aliphatic carbocycles. The van der Waals surface area contributed by atoms with Crippen LogP contribution >= 0.6 is 34.8 Å². The molecule has 4 aromatic rings. The van der Waals surface area contributed by atoms with Gasteiger partial charge in [-0.05, 0) is 69.3 Å². The van der Waals surface area contributed by atoms with E-state index in [4.69, 9.17) is 72.7 Å². The number of benzene rings is 4. The minimum Gasteiger partial charge on any atom is -0.461 e. The number of hydrogen-bond donors (Lipinski definition) is 1. The molecule has 1 saturated heterocycles. The van der Waals surface area contributed by atoms with Crippen molar-refractivity contribution in [1.82, 2.24) is 10.2 Å². The highest BCUT2D eigenvalue weighted by atomic mass is 35.6. The molecular formula is C48H49Cl3N2O15. The van der Waals surface area contributed by atoms with Crippen LogP contribution in [0, 0.1) is 0 Å². The Hall–Kier alpha value is -6.24. The van der Waals surface area contributed by atoms with Gasteiger partial charge in [0, 0.05) is 13.1 Å². The quantitative estimate of drug-likeness (QED) is 0.0438. The predicted octanol–water partition coefficient (Wildman–Crippen LogP) is 6.92. The normalized spacial score (nSPS) is 17.9. The van der Waals surface area contributed by atoms with Crippen molar-refractivity contribution < 1.29 is 71.5 Å². The lowest BCUT2D eigenvalue weighted by atomic mass is 9.97. The van der Waals surface area contributed by atoms with E-state index in [1.165, 1.54) is 48.5 Å². The van der Waals surface area contributed by atoms with E-state index in [0.717, 1.165) is 4.90 Å². The van der Waals surface area contributed by atoms with Crippen LogP contribution in [0.15, 0.2) is 121 Å². The highest BCUT2D eigenvalue weighted by Gasteiger charge is 2.53. The first-order valence-corrected chi connectivity index (χ1v) is 22.2. The summed E-state index contributed by atoms with van der Waals surface area (Å²) >= 11 is 17.0. The number of carbonyl (C=O) groups is 7. The first kappa shape index (κ1) is 52.7. The lowest BCUT2D eigenvalue weighted by Gasteiger charge is -2.44. The summed E-state index contributed by atoms with van der Waals surface area (Å²) in [4.78, 5) is 94.4. The van der Waals surface area contributed by atoms with Crippen molar-refractivity contribution in [3.05, 3.63) is 144 Å². The van der Waals surface area contributed by atoms with Crippen LogP contribution < -0.4 is 5.32 Å². The van der Waals surface area contributed by atoms with Gasteiger partial charge in [0.1, 0.15) is 31.5 Å². The van der Waals surface area contributed by atoms with Crippen molar-refractivity contribution in [1.29, 1.82) is 0 Å². The lowest BCUT2D eigenvalue weighted by Crippen LogP contribution is -2.63. The summed E-state index contributed by atoms with van der Waals surface area (Å²) in [6.07, 6.45) is -9.32. The number of esters is 5. The van der Waals surface area contributed by atoms with Gasteiger partial charge in [-0.1, -0.05) is 108 Å². The Labute approximate surface area is 407 Å². The van der Waals surface area contributed by atoms with Crippen molar-refractivity contribution in [3.8, 4) is 0 Å². The lowest BCUT2D eigenvalue weighted by molar-refractivity contribution is -0.297. The zero-order valence-corrected chi connectivity index (χ0v) is 39.4. The van der Waals surface area contributed by atoms with Crippen molar-refractivity contribution in [2.24, 2.45) is 0 Å². The number of ether oxygens (including phenoxy) is 8. The molecule has 4 aromatic carbocycles. The standard InChI is InChI=1S/C48H49Cl3N2O15/c1-47(2,3)68-46(60)53(26-24-37(55)63-30-48(49,50)51)28-36(54)52-25-27-61-45-40(67-44(59)34-22-14-7-15-23-34)39(66-43(58)33-20-12-6-13-21-33)38(65-42(57)32-18-10-5-11-19-32)35(64-45)29-62-41(56)31-16-8-4-9-17-31/h4-23,35,38-40,45H,24-30H2,1-3H3,(H,52,54)/t35-,38+,39+,40-,45-/m1/s1. The van der Waals surface area contributed by atoms with Gasteiger partial charge in [-0.2, -0.15) is 0 Å². The molecule has 1 fully saturated rings. The van der Waals surface area contributed by atoms with E-state index in [-0.39, 0.29) is 48.4 Å². The Morgan fingerprint density at radius 1 is 0.618 bits per heavy atom. The molecule has 0 bridgehead atoms. The first-order valence-electron chi connectivity index (χ1n) is 21.1. The number of carbonyl (C=O) groups excluding carboxylic acids is 7. The third-order valence-electron chi connectivity index (χ3n) is 9.41. The minimum absolute atomic E-state index is 0.0904. The summed E-state index contributed by atoms with van der Waals surface area (Å²) in [5.74, 6) is -4.97. The third-order valence-corrected chi connectivity index (χ3v) is 9.74. The van der Waals surface area contributed by atoms with Crippen LogP contribution in [0.2, 0.25) is 0 Å². The summed E-state index contributed by atoms with van der Waals surface area (Å²) in [5, 5.41) is 2.60. The molecule has 17 nitrogen and oxygen atoms in total. The van der Waals surface area contributed by atoms with E-state index in [1.807, 2.05) is 0 Å². The van der Waals surface area contributed by atoms with Crippen LogP contribution in [0.1, 0.15) is 68.6 Å². The van der Waals surface area contributed by atoms with E-state index >= 15 is 0 Å². The minimum atomic E-state index is -1.87. The number of alkyl halides is 3. The van der Waals surface area contributed by atoms with Crippen LogP contribution in [0.3, 0.4) is 0 Å². The molecule has 1 aliphatic heterocycles. The van der Waals surface area contributed by atoms with Gasteiger partial charge in [-0.3, -0.25) is 14.5 Å². The second-order valence-electron chi connectivity index (χ2n) is 15.9. The van der Waals surface area contributed by atoms with Crippen LogP contribution in [-0.2, 0) is 47.5 Å². The molecule has 2 amide bonds. The summed E-state index contributed by atoms with van der Waals surface area (Å²) in [6.45, 7) is 2.22. The maximum absolute atomic E-state index is 13.9. The highest BCUT2D eigenvalue weighted by Crippen LogP contribution is 2.32. The molecule has 20 heteroatoms. The molecule has 5 rings (SSSR count). The average Bonchev–Trinajstić information content (AvgIpc) is 3.32. The molecule has 362 valence electrons. The van der Waals surface area contributed by atoms with Crippen molar-refractivity contribution in [2.45, 2.75) is 67.3 Å². The van der Waals surface area contributed by atoms with E-state index < -0.39 is 102 Å². The average molecular weight is 1000 g/mol. The topological polar surface area (TPSA) is 209 Å². The molecule has 0 unspecified atom stereocenters. The summed E-state index contributed by atoms with van der Waals surface area (Å²) < 4.78 is 44.7. The van der Waals surface area contributed by atoms with Crippen molar-refractivity contribution in [2.75, 3.05) is 39.5 Å². The summed E-state index contributed by atoms with van der Waals surface area (Å²) in [5.41, 5.74) is -0.474. The zero-order valence-electron chi connectivity index (χ0n) is 37.1. The van der Waals surface area contributed by atoms with Crippen LogP contribution in [0.25, 0.3) is 0 Å². The van der Waals surface area contributed by atoms with Gasteiger partial charge in [0.15, 0.2) is 24.6 Å². The van der Waals surface area contributed by atoms with E-state index in [1.54, 1.807) is 93.6 Å². The van der Waals surface area contributed by atoms with Gasteiger partial charge in [0.05, 0.1) is 35.3 Å². The first-order chi connectivity index (χ1) is 32.4. The Morgan fingerprint density at radius 2 is 1.07 bits per heavy atom. The van der Waals surface area contributed by atoms with Gasteiger partial charge in [-0.25, -0.2) is 24.0 Å². The fourth-order valence-corrected chi connectivity index (χ4v) is 6.44. The van der Waals surface area contributed by atoms with Crippen LogP contribution in [-0.4, -0.2) is 126 Å². The maximum atomic E-state index is 13.9. The third kappa shape index (κ3) is 17.1. The summed E-state index contributed by atoms with van der Waals surface area (Å²) in [6, 6.07) is 31.6. The fourth-order valence-electron chi connectivity index (χ4n) is 6.28. The molecule has 68 heavy (non-hydrogen) atoms. The van der Waals surface area contributed by atoms with Crippen molar-refractivity contribution >= 4 is 76.6 Å². The predicted molar refractivity (Wildman–Crippen MR) is 245 cm³/mol. The van der Waals surface area contributed by atoms with E-state index in [2.05, 4.69) is 5.32 Å². The molecule has 1 heterocycles. The van der Waals surface area contributed by atoms with Gasteiger partial charge in [-0.15, -0.1) is 0 Å². The summed E-state index contributed by atoms with van der Waals surface area (Å²) in [7, 11) is 0. The number of nitrogens with zero attached hydrogens (tertiary/aromatic N) is 1. The number of rotatable bonds is 19. The van der Waals surface area contributed by atoms with Gasteiger partial charge in [0.25, 0.3) is 0 Å². The number of nitrogens with one attached hydrogen (secondary N) is 1. The SMILES string of the molecule is CC(C)(C)OC(=O)N(CCC(=O)OCC(Cl)(Cl)Cl)CC(=O)NCCO[C@@H]1O[C@H](COC(=O)c2ccccc2)[C@H](OC(=O)c2ccccc2)[C@H](OC(=O)c2ccccc2)[C@H]1OC(=O)c1ccccc1. The van der Waals surface area contributed by atoms with Gasteiger partial charge >= 0.3 is 35.9 Å². The molecular weight excluding hydrogens is 951 g/mol. The molecule has 0 aromatic heterocycles. The highest BCUT2D eigenvalue weighted by molar-refractivity contribution is 6.67. The molecule has 0 spiro atoms. The second-order valence-corrected chi connectivity index (χ2v) is 18.4. The Bertz CT molecular complexity index is 2310. The number of hydrogen-bond acceptors (Lipinski definition) is 15. The second kappa shape index (κ2) is 25.2. The van der Waals surface area contributed by atoms with E-state index in [0.29, 0.717) is 0 Å². The smallest absolute Gasteiger partial charge is 0.410 e. The zero-order chi connectivity index (χ0) is 49.3. The molecule has 0 radical (unpaired) electrons. The monoisotopic (exact) mass is 998 g/mol. The Balaban J connectivity index is 1.42. The largest absolute Gasteiger partial charge is 0.461 e. The van der Waals surface area contributed by atoms with Gasteiger partial charge < -0.3 is 43.2 Å². The molecule has 1 aliphatic rings. The van der Waals surface area contributed by atoms with Crippen LogP contribution in [0.4, 0.5) is 4.79 Å². The Kier molecular flexibility index (Phi) is 19.6. The number of amides is 2. The molecule has 5 atom stereocenters. The van der Waals surface area contributed by atoms with Crippen molar-refractivity contribution in [3.63, 3.8) is 0 Å². The van der Waals surface area contributed by atoms with E-state index in [9.17, 15) is 33.6 Å². The fraction of sp³-hybridized carbons (Fsp3) is 0.354. The van der Waals surface area contributed by atoms with Crippen LogP contribution in [0.5, 0.6) is 0 Å². The maximum Gasteiger partial charge on any atom is 0.410 e. The Morgan fingerprint density at radius 3 is 1.54 bits per heavy atom. The molecule has 0 saturated carbocycles.